The summed E-state index contributed by atoms with van der Waals surface area (Å²) in [5.41, 5.74) is 3.24. The molecule has 0 saturated heterocycles. The van der Waals surface area contributed by atoms with Crippen LogP contribution in [0.3, 0.4) is 0 Å². The third-order valence-electron chi connectivity index (χ3n) is 6.05. The van der Waals surface area contributed by atoms with Gasteiger partial charge in [-0.1, -0.05) is 17.9 Å². The van der Waals surface area contributed by atoms with Gasteiger partial charge in [0.25, 0.3) is 0 Å². The highest BCUT2D eigenvalue weighted by Gasteiger charge is 2.24. The Morgan fingerprint density at radius 2 is 2.15 bits per heavy atom. The zero-order valence-electron chi connectivity index (χ0n) is 18.9. The van der Waals surface area contributed by atoms with Gasteiger partial charge in [-0.15, -0.1) is 0 Å². The number of ether oxygens (including phenoxy) is 2. The number of aliphatic hydroxyl groups is 1. The van der Waals surface area contributed by atoms with E-state index in [4.69, 9.17) is 14.6 Å². The molecule has 1 aliphatic heterocycles. The quantitative estimate of drug-likeness (QED) is 0.603. The Labute approximate surface area is 197 Å². The van der Waals surface area contributed by atoms with Crippen molar-refractivity contribution in [1.29, 1.82) is 5.26 Å². The van der Waals surface area contributed by atoms with Gasteiger partial charge in [-0.3, -0.25) is 4.57 Å². The van der Waals surface area contributed by atoms with Crippen LogP contribution < -0.4 is 15.3 Å². The summed E-state index contributed by atoms with van der Waals surface area (Å²) in [4.78, 5) is 19.2. The van der Waals surface area contributed by atoms with Crippen LogP contribution in [0.25, 0.3) is 10.9 Å². The SMILES string of the molecule is Cn1c(=O)nc(N2CCOCc3c(C#CC4CC4)cccc32)c2cc(C#N)c(OCCO)cc21. The zero-order valence-corrected chi connectivity index (χ0v) is 18.9. The van der Waals surface area contributed by atoms with Crippen molar-refractivity contribution < 1.29 is 14.6 Å². The largest absolute Gasteiger partial charge is 0.490 e. The van der Waals surface area contributed by atoms with Crippen molar-refractivity contribution >= 4 is 22.4 Å². The summed E-state index contributed by atoms with van der Waals surface area (Å²) >= 11 is 0. The van der Waals surface area contributed by atoms with Crippen molar-refractivity contribution in [3.63, 3.8) is 0 Å². The first-order chi connectivity index (χ1) is 16.6. The Bertz CT molecular complexity index is 1420. The van der Waals surface area contributed by atoms with E-state index >= 15 is 0 Å². The minimum Gasteiger partial charge on any atom is -0.490 e. The van der Waals surface area contributed by atoms with Gasteiger partial charge < -0.3 is 19.5 Å². The van der Waals surface area contributed by atoms with Crippen LogP contribution in [0.15, 0.2) is 35.1 Å². The van der Waals surface area contributed by atoms with E-state index in [1.807, 2.05) is 23.1 Å². The van der Waals surface area contributed by atoms with Crippen molar-refractivity contribution in [3.8, 4) is 23.7 Å². The van der Waals surface area contributed by atoms with Crippen LogP contribution in [0.5, 0.6) is 5.75 Å². The molecule has 2 aromatic carbocycles. The topological polar surface area (TPSA) is 101 Å². The number of nitrogens with zero attached hydrogens (tertiary/aromatic N) is 4. The van der Waals surface area contributed by atoms with Gasteiger partial charge in [0.1, 0.15) is 24.2 Å². The summed E-state index contributed by atoms with van der Waals surface area (Å²) in [6.07, 6.45) is 2.30. The first-order valence-electron chi connectivity index (χ1n) is 11.3. The van der Waals surface area contributed by atoms with Gasteiger partial charge in [0.05, 0.1) is 30.9 Å². The highest BCUT2D eigenvalue weighted by molar-refractivity contribution is 5.94. The average Bonchev–Trinajstić information content (AvgIpc) is 3.70. The van der Waals surface area contributed by atoms with E-state index in [1.54, 1.807) is 19.2 Å². The number of nitriles is 1. The molecular formula is C26H24N4O4. The fourth-order valence-corrected chi connectivity index (χ4v) is 4.10. The second kappa shape index (κ2) is 9.18. The van der Waals surface area contributed by atoms with Crippen molar-refractivity contribution in [3.05, 3.63) is 57.5 Å². The van der Waals surface area contributed by atoms with E-state index in [0.29, 0.717) is 53.7 Å². The molecule has 172 valence electrons. The number of rotatable bonds is 4. The summed E-state index contributed by atoms with van der Waals surface area (Å²) in [5.74, 6) is 7.89. The van der Waals surface area contributed by atoms with Crippen LogP contribution in [0.1, 0.15) is 29.5 Å². The summed E-state index contributed by atoms with van der Waals surface area (Å²) in [6.45, 7) is 1.23. The van der Waals surface area contributed by atoms with E-state index < -0.39 is 5.69 Å². The van der Waals surface area contributed by atoms with E-state index in [1.165, 1.54) is 4.57 Å². The predicted molar refractivity (Wildman–Crippen MR) is 127 cm³/mol. The molecule has 0 amide bonds. The molecule has 0 atom stereocenters. The van der Waals surface area contributed by atoms with Crippen molar-refractivity contribution in [2.75, 3.05) is 31.3 Å². The Balaban J connectivity index is 1.70. The molecule has 34 heavy (non-hydrogen) atoms. The molecule has 1 aliphatic carbocycles. The van der Waals surface area contributed by atoms with Gasteiger partial charge in [-0.25, -0.2) is 4.79 Å². The molecule has 1 aromatic heterocycles. The first-order valence-corrected chi connectivity index (χ1v) is 11.3. The van der Waals surface area contributed by atoms with Crippen LogP contribution in [0.4, 0.5) is 11.5 Å². The number of hydrogen-bond donors (Lipinski definition) is 1. The average molecular weight is 457 g/mol. The molecule has 2 aliphatic rings. The van der Waals surface area contributed by atoms with Crippen molar-refractivity contribution in [2.45, 2.75) is 19.4 Å². The number of aromatic nitrogens is 2. The first kappa shape index (κ1) is 22.0. The lowest BCUT2D eigenvalue weighted by atomic mass is 10.0. The van der Waals surface area contributed by atoms with Gasteiger partial charge in [0, 0.05) is 47.8 Å². The van der Waals surface area contributed by atoms with Crippen molar-refractivity contribution in [1.82, 2.24) is 9.55 Å². The van der Waals surface area contributed by atoms with E-state index in [9.17, 15) is 10.1 Å². The van der Waals surface area contributed by atoms with Crippen LogP contribution >= 0.6 is 0 Å². The lowest BCUT2D eigenvalue weighted by Gasteiger charge is -2.25. The van der Waals surface area contributed by atoms with E-state index in [-0.39, 0.29) is 13.2 Å². The van der Waals surface area contributed by atoms with E-state index in [0.717, 1.165) is 29.7 Å². The molecule has 2 heterocycles. The number of aryl methyl sites for hydroxylation is 1. The Morgan fingerprint density at radius 3 is 2.91 bits per heavy atom. The van der Waals surface area contributed by atoms with Gasteiger partial charge in [0.15, 0.2) is 0 Å². The molecule has 8 nitrogen and oxygen atoms in total. The third-order valence-corrected chi connectivity index (χ3v) is 6.05. The molecule has 0 spiro atoms. The molecule has 3 aromatic rings. The van der Waals surface area contributed by atoms with Crippen LogP contribution in [0, 0.1) is 29.1 Å². The van der Waals surface area contributed by atoms with Gasteiger partial charge in [-0.2, -0.15) is 10.2 Å². The molecule has 0 unspecified atom stereocenters. The number of hydrogen-bond acceptors (Lipinski definition) is 7. The molecule has 1 N–H and O–H groups in total. The standard InChI is InChI=1S/C26H24N4O4/c1-29-23-14-24(34-12-10-31)19(15-27)13-20(23)25(28-26(29)32)30-9-11-33-16-21-18(3-2-4-22(21)30)8-7-17-5-6-17/h2-4,13-14,17,31H,5-6,9-12,16H2,1H3. The maximum atomic E-state index is 12.9. The molecule has 5 rings (SSSR count). The Morgan fingerprint density at radius 1 is 1.29 bits per heavy atom. The number of benzene rings is 2. The molecule has 1 fully saturated rings. The fourth-order valence-electron chi connectivity index (χ4n) is 4.10. The molecule has 0 bridgehead atoms. The lowest BCUT2D eigenvalue weighted by molar-refractivity contribution is 0.133. The Hall–Kier alpha value is -3.85. The lowest BCUT2D eigenvalue weighted by Crippen LogP contribution is -2.28. The normalized spacial score (nSPS) is 15.1. The van der Waals surface area contributed by atoms with Gasteiger partial charge in [0.2, 0.25) is 0 Å². The van der Waals surface area contributed by atoms with Crippen LogP contribution in [0.2, 0.25) is 0 Å². The second-order valence-electron chi connectivity index (χ2n) is 8.38. The van der Waals surface area contributed by atoms with Gasteiger partial charge in [-0.05, 0) is 31.0 Å². The molecular weight excluding hydrogens is 432 g/mol. The number of fused-ring (bicyclic) bond motifs is 2. The molecule has 1 saturated carbocycles. The number of anilines is 2. The summed E-state index contributed by atoms with van der Waals surface area (Å²) in [6, 6.07) is 11.4. The maximum absolute atomic E-state index is 12.9. The van der Waals surface area contributed by atoms with Crippen molar-refractivity contribution in [2.24, 2.45) is 13.0 Å². The third kappa shape index (κ3) is 4.10. The highest BCUT2D eigenvalue weighted by atomic mass is 16.5. The predicted octanol–water partition coefficient (Wildman–Crippen LogP) is 2.61. The smallest absolute Gasteiger partial charge is 0.349 e. The van der Waals surface area contributed by atoms with E-state index in [2.05, 4.69) is 22.9 Å². The summed E-state index contributed by atoms with van der Waals surface area (Å²) in [5, 5.41) is 19.5. The minimum atomic E-state index is -0.420. The van der Waals surface area contributed by atoms with Crippen LogP contribution in [-0.2, 0) is 18.4 Å². The Kier molecular flexibility index (Phi) is 5.93. The fraction of sp³-hybridized carbons (Fsp3) is 0.346. The zero-order chi connectivity index (χ0) is 23.7. The van der Waals surface area contributed by atoms with Crippen LogP contribution in [-0.4, -0.2) is 41.0 Å². The minimum absolute atomic E-state index is 0.0492. The monoisotopic (exact) mass is 456 g/mol. The number of aliphatic hydroxyl groups excluding tert-OH is 1. The highest BCUT2D eigenvalue weighted by Crippen LogP contribution is 2.37. The molecule has 0 radical (unpaired) electrons. The molecule has 8 heteroatoms. The summed E-state index contributed by atoms with van der Waals surface area (Å²) < 4.78 is 12.9. The maximum Gasteiger partial charge on any atom is 0.349 e. The summed E-state index contributed by atoms with van der Waals surface area (Å²) in [7, 11) is 1.63. The van der Waals surface area contributed by atoms with Gasteiger partial charge >= 0.3 is 5.69 Å². The second-order valence-corrected chi connectivity index (χ2v) is 8.38.